The summed E-state index contributed by atoms with van der Waals surface area (Å²) in [7, 11) is 1.95. The van der Waals surface area contributed by atoms with E-state index in [4.69, 9.17) is 5.26 Å². The average molecular weight is 204 g/mol. The molecule has 1 unspecified atom stereocenters. The molecule has 4 nitrogen and oxygen atoms in total. The van der Waals surface area contributed by atoms with E-state index in [9.17, 15) is 0 Å². The lowest BCUT2D eigenvalue weighted by Gasteiger charge is -2.23. The van der Waals surface area contributed by atoms with Gasteiger partial charge in [-0.2, -0.15) is 5.26 Å². The highest BCUT2D eigenvalue weighted by atomic mass is 15.2. The molecule has 0 N–H and O–H groups in total. The fourth-order valence-corrected chi connectivity index (χ4v) is 1.27. The van der Waals surface area contributed by atoms with Gasteiger partial charge >= 0.3 is 0 Å². The Labute approximate surface area is 90.6 Å². The summed E-state index contributed by atoms with van der Waals surface area (Å²) < 4.78 is 0. The van der Waals surface area contributed by atoms with Crippen molar-refractivity contribution in [3.63, 3.8) is 0 Å². The second-order valence-corrected chi connectivity index (χ2v) is 3.54. The van der Waals surface area contributed by atoms with Crippen molar-refractivity contribution in [2.24, 2.45) is 0 Å². The molecule has 1 rings (SSSR count). The number of aryl methyl sites for hydroxylation is 1. The number of anilines is 1. The molecule has 1 aromatic rings. The molecule has 0 aliphatic carbocycles. The Kier molecular flexibility index (Phi) is 4.04. The summed E-state index contributed by atoms with van der Waals surface area (Å²) in [5.74, 6) is 0.879. The molecule has 4 heteroatoms. The number of nitrogens with zero attached hydrogens (tertiary/aromatic N) is 4. The molecule has 0 saturated heterocycles. The van der Waals surface area contributed by atoms with Crippen LogP contribution in [0.25, 0.3) is 0 Å². The van der Waals surface area contributed by atoms with E-state index in [0.717, 1.165) is 17.9 Å². The lowest BCUT2D eigenvalue weighted by Crippen LogP contribution is -2.29. The average Bonchev–Trinajstić information content (AvgIpc) is 2.28. The summed E-state index contributed by atoms with van der Waals surface area (Å²) in [5.41, 5.74) is 1.02. The van der Waals surface area contributed by atoms with Crippen LogP contribution in [0.15, 0.2) is 12.4 Å². The largest absolute Gasteiger partial charge is 0.356 e. The molecular weight excluding hydrogens is 188 g/mol. The first-order chi connectivity index (χ1) is 7.19. The van der Waals surface area contributed by atoms with Gasteiger partial charge in [0.1, 0.15) is 12.1 Å². The summed E-state index contributed by atoms with van der Waals surface area (Å²) >= 11 is 0. The van der Waals surface area contributed by atoms with Crippen LogP contribution in [0.4, 0.5) is 5.82 Å². The van der Waals surface area contributed by atoms with E-state index in [1.807, 2.05) is 24.9 Å². The Morgan fingerprint density at radius 1 is 1.53 bits per heavy atom. The summed E-state index contributed by atoms with van der Waals surface area (Å²) in [6, 6.07) is 4.30. The zero-order valence-corrected chi connectivity index (χ0v) is 9.44. The van der Waals surface area contributed by atoms with Crippen LogP contribution in [-0.4, -0.2) is 23.1 Å². The first-order valence-electron chi connectivity index (χ1n) is 5.09. The molecular formula is C11H16N4. The third kappa shape index (κ3) is 2.91. The predicted octanol–water partition coefficient (Wildman–Crippen LogP) is 1.78. The van der Waals surface area contributed by atoms with Crippen LogP contribution in [-0.2, 0) is 6.42 Å². The van der Waals surface area contributed by atoms with Crippen molar-refractivity contribution in [3.8, 4) is 6.07 Å². The van der Waals surface area contributed by atoms with Crippen LogP contribution in [0, 0.1) is 11.3 Å². The molecule has 0 aromatic carbocycles. The van der Waals surface area contributed by atoms with Crippen molar-refractivity contribution in [1.82, 2.24) is 9.97 Å². The molecule has 0 radical (unpaired) electrons. The smallest absolute Gasteiger partial charge is 0.132 e. The van der Waals surface area contributed by atoms with Gasteiger partial charge in [0.25, 0.3) is 0 Å². The normalized spacial score (nSPS) is 11.9. The maximum atomic E-state index is 8.62. The predicted molar refractivity (Wildman–Crippen MR) is 59.5 cm³/mol. The number of hydrogen-bond donors (Lipinski definition) is 0. The zero-order valence-electron chi connectivity index (χ0n) is 9.44. The summed E-state index contributed by atoms with van der Waals surface area (Å²) in [6.07, 6.45) is 2.97. The Balaban J connectivity index is 2.81. The Bertz CT molecular complexity index is 356. The molecule has 0 spiro atoms. The van der Waals surface area contributed by atoms with E-state index in [1.165, 1.54) is 0 Å². The first kappa shape index (κ1) is 11.4. The van der Waals surface area contributed by atoms with Gasteiger partial charge in [0, 0.05) is 24.8 Å². The number of rotatable bonds is 4. The zero-order chi connectivity index (χ0) is 11.3. The van der Waals surface area contributed by atoms with Crippen molar-refractivity contribution in [3.05, 3.63) is 18.1 Å². The van der Waals surface area contributed by atoms with Gasteiger partial charge in [-0.15, -0.1) is 0 Å². The van der Waals surface area contributed by atoms with E-state index in [0.29, 0.717) is 6.42 Å². The van der Waals surface area contributed by atoms with Crippen LogP contribution >= 0.6 is 0 Å². The van der Waals surface area contributed by atoms with Gasteiger partial charge in [-0.1, -0.05) is 6.92 Å². The summed E-state index contributed by atoms with van der Waals surface area (Å²) in [5, 5.41) is 8.62. The van der Waals surface area contributed by atoms with Crippen molar-refractivity contribution in [2.75, 3.05) is 11.9 Å². The lowest BCUT2D eigenvalue weighted by molar-refractivity contribution is 0.691. The van der Waals surface area contributed by atoms with E-state index in [2.05, 4.69) is 23.0 Å². The van der Waals surface area contributed by atoms with E-state index >= 15 is 0 Å². The highest BCUT2D eigenvalue weighted by Gasteiger charge is 2.10. The van der Waals surface area contributed by atoms with Gasteiger partial charge in [0.05, 0.1) is 12.5 Å². The molecule has 15 heavy (non-hydrogen) atoms. The summed E-state index contributed by atoms with van der Waals surface area (Å²) in [6.45, 7) is 4.07. The molecule has 0 amide bonds. The molecule has 1 aromatic heterocycles. The minimum atomic E-state index is 0.176. The van der Waals surface area contributed by atoms with Gasteiger partial charge in [-0.05, 0) is 13.3 Å². The maximum absolute atomic E-state index is 8.62. The van der Waals surface area contributed by atoms with Crippen LogP contribution in [0.3, 0.4) is 0 Å². The molecule has 0 aliphatic heterocycles. The Morgan fingerprint density at radius 3 is 2.87 bits per heavy atom. The highest BCUT2D eigenvalue weighted by Crippen LogP contribution is 2.13. The van der Waals surface area contributed by atoms with Gasteiger partial charge in [0.15, 0.2) is 0 Å². The first-order valence-corrected chi connectivity index (χ1v) is 5.09. The van der Waals surface area contributed by atoms with Crippen LogP contribution in [0.5, 0.6) is 0 Å². The van der Waals surface area contributed by atoms with Crippen LogP contribution < -0.4 is 4.90 Å². The van der Waals surface area contributed by atoms with Crippen molar-refractivity contribution in [2.45, 2.75) is 32.7 Å². The monoisotopic (exact) mass is 204 g/mol. The molecule has 0 saturated carbocycles. The van der Waals surface area contributed by atoms with Crippen LogP contribution in [0.1, 0.15) is 26.0 Å². The van der Waals surface area contributed by atoms with E-state index < -0.39 is 0 Å². The molecule has 0 aliphatic rings. The Morgan fingerprint density at radius 2 is 2.27 bits per heavy atom. The Hall–Kier alpha value is -1.63. The van der Waals surface area contributed by atoms with Gasteiger partial charge in [-0.25, -0.2) is 9.97 Å². The second kappa shape index (κ2) is 5.30. The number of nitriles is 1. The fraction of sp³-hybridized carbons (Fsp3) is 0.545. The van der Waals surface area contributed by atoms with Crippen molar-refractivity contribution in [1.29, 1.82) is 5.26 Å². The molecule has 80 valence electrons. The molecule has 1 atom stereocenters. The topological polar surface area (TPSA) is 52.8 Å². The standard InChI is InChI=1S/C11H16N4/c1-4-10-7-11(14-8-13-10)15(3)9(2)5-6-12/h7-9H,4-5H2,1-3H3. The van der Waals surface area contributed by atoms with Gasteiger partial charge in [-0.3, -0.25) is 0 Å². The fourth-order valence-electron chi connectivity index (χ4n) is 1.27. The minimum Gasteiger partial charge on any atom is -0.356 e. The highest BCUT2D eigenvalue weighted by molar-refractivity contribution is 5.39. The number of hydrogen-bond acceptors (Lipinski definition) is 4. The second-order valence-electron chi connectivity index (χ2n) is 3.54. The lowest BCUT2D eigenvalue weighted by atomic mass is 10.2. The van der Waals surface area contributed by atoms with Gasteiger partial charge in [0.2, 0.25) is 0 Å². The van der Waals surface area contributed by atoms with E-state index in [-0.39, 0.29) is 6.04 Å². The molecule has 0 bridgehead atoms. The molecule has 1 heterocycles. The quantitative estimate of drug-likeness (QED) is 0.750. The van der Waals surface area contributed by atoms with Gasteiger partial charge < -0.3 is 4.90 Å². The third-order valence-electron chi connectivity index (χ3n) is 2.48. The minimum absolute atomic E-state index is 0.176. The maximum Gasteiger partial charge on any atom is 0.132 e. The SMILES string of the molecule is CCc1cc(N(C)C(C)CC#N)ncn1. The van der Waals surface area contributed by atoms with Crippen molar-refractivity contribution < 1.29 is 0 Å². The molecule has 0 fully saturated rings. The van der Waals surface area contributed by atoms with Crippen LogP contribution in [0.2, 0.25) is 0 Å². The number of aromatic nitrogens is 2. The third-order valence-corrected chi connectivity index (χ3v) is 2.48. The van der Waals surface area contributed by atoms with Crippen molar-refractivity contribution >= 4 is 5.82 Å². The van der Waals surface area contributed by atoms with E-state index in [1.54, 1.807) is 6.33 Å². The summed E-state index contributed by atoms with van der Waals surface area (Å²) in [4.78, 5) is 10.3.